The van der Waals surface area contributed by atoms with E-state index in [2.05, 4.69) is 18.3 Å². The van der Waals surface area contributed by atoms with Crippen molar-refractivity contribution in [2.75, 3.05) is 0 Å². The van der Waals surface area contributed by atoms with Gasteiger partial charge in [0.05, 0.1) is 12.3 Å². The van der Waals surface area contributed by atoms with Crippen molar-refractivity contribution in [2.45, 2.75) is 26.4 Å². The van der Waals surface area contributed by atoms with Gasteiger partial charge in [-0.3, -0.25) is 0 Å². The molecule has 0 aliphatic rings. The van der Waals surface area contributed by atoms with Crippen LogP contribution in [0.1, 0.15) is 30.0 Å². The Kier molecular flexibility index (Phi) is 3.13. The standard InChI is InChI=1S/C16H17NO2/c1-11(15-8-5-9-18-15)17-10-14-12(2)19-16-7-4-3-6-13(14)16/h3-9,11,17H,10H2,1-2H3. The predicted octanol–water partition coefficient (Wildman–Crippen LogP) is 4.19. The van der Waals surface area contributed by atoms with E-state index < -0.39 is 0 Å². The molecule has 98 valence electrons. The average molecular weight is 255 g/mol. The molecule has 2 heterocycles. The summed E-state index contributed by atoms with van der Waals surface area (Å²) < 4.78 is 11.2. The first-order chi connectivity index (χ1) is 9.25. The van der Waals surface area contributed by atoms with Crippen LogP contribution in [-0.4, -0.2) is 0 Å². The Labute approximate surface area is 112 Å². The highest BCUT2D eigenvalue weighted by Gasteiger charge is 2.13. The number of para-hydroxylation sites is 1. The molecule has 1 aromatic carbocycles. The molecule has 3 aromatic rings. The van der Waals surface area contributed by atoms with E-state index in [9.17, 15) is 0 Å². The summed E-state index contributed by atoms with van der Waals surface area (Å²) in [7, 11) is 0. The second-order valence-corrected chi connectivity index (χ2v) is 4.75. The van der Waals surface area contributed by atoms with E-state index in [1.807, 2.05) is 37.3 Å². The van der Waals surface area contributed by atoms with Crippen LogP contribution in [0, 0.1) is 6.92 Å². The zero-order valence-corrected chi connectivity index (χ0v) is 11.1. The highest BCUT2D eigenvalue weighted by molar-refractivity contribution is 5.82. The molecule has 19 heavy (non-hydrogen) atoms. The molecule has 0 aliphatic heterocycles. The van der Waals surface area contributed by atoms with Crippen molar-refractivity contribution in [2.24, 2.45) is 0 Å². The van der Waals surface area contributed by atoms with Gasteiger partial charge in [0.1, 0.15) is 17.1 Å². The fourth-order valence-electron chi connectivity index (χ4n) is 2.33. The van der Waals surface area contributed by atoms with E-state index in [0.29, 0.717) is 0 Å². The van der Waals surface area contributed by atoms with Crippen molar-refractivity contribution in [3.63, 3.8) is 0 Å². The Bertz CT molecular complexity index is 667. The lowest BCUT2D eigenvalue weighted by molar-refractivity contribution is 0.429. The van der Waals surface area contributed by atoms with E-state index in [1.54, 1.807) is 6.26 Å². The second kappa shape index (κ2) is 4.94. The lowest BCUT2D eigenvalue weighted by Gasteiger charge is -2.10. The Morgan fingerprint density at radius 3 is 2.79 bits per heavy atom. The minimum absolute atomic E-state index is 0.183. The van der Waals surface area contributed by atoms with Crippen LogP contribution in [0.3, 0.4) is 0 Å². The predicted molar refractivity (Wildman–Crippen MR) is 74.9 cm³/mol. The van der Waals surface area contributed by atoms with Gasteiger partial charge in [0.2, 0.25) is 0 Å². The molecule has 0 saturated heterocycles. The lowest BCUT2D eigenvalue weighted by Crippen LogP contribution is -2.17. The molecule has 1 atom stereocenters. The lowest BCUT2D eigenvalue weighted by atomic mass is 10.1. The highest BCUT2D eigenvalue weighted by atomic mass is 16.3. The van der Waals surface area contributed by atoms with Gasteiger partial charge in [0, 0.05) is 17.5 Å². The fourth-order valence-corrected chi connectivity index (χ4v) is 2.33. The van der Waals surface area contributed by atoms with Crippen LogP contribution < -0.4 is 5.32 Å². The summed E-state index contributed by atoms with van der Waals surface area (Å²) in [6.07, 6.45) is 1.70. The van der Waals surface area contributed by atoms with Crippen LogP contribution in [0.5, 0.6) is 0 Å². The van der Waals surface area contributed by atoms with Gasteiger partial charge in [-0.05, 0) is 32.0 Å². The van der Waals surface area contributed by atoms with Gasteiger partial charge < -0.3 is 14.2 Å². The molecule has 3 heteroatoms. The van der Waals surface area contributed by atoms with Gasteiger partial charge in [0.25, 0.3) is 0 Å². The van der Waals surface area contributed by atoms with Crippen molar-refractivity contribution in [3.05, 3.63) is 59.7 Å². The van der Waals surface area contributed by atoms with Crippen LogP contribution >= 0.6 is 0 Å². The van der Waals surface area contributed by atoms with Gasteiger partial charge in [-0.2, -0.15) is 0 Å². The Balaban J connectivity index is 1.80. The molecule has 0 saturated carbocycles. The molecule has 0 fully saturated rings. The monoisotopic (exact) mass is 255 g/mol. The number of hydrogen-bond acceptors (Lipinski definition) is 3. The van der Waals surface area contributed by atoms with Crippen LogP contribution in [-0.2, 0) is 6.54 Å². The van der Waals surface area contributed by atoms with Crippen molar-refractivity contribution in [1.29, 1.82) is 0 Å². The number of aryl methyl sites for hydroxylation is 1. The Morgan fingerprint density at radius 1 is 1.16 bits per heavy atom. The smallest absolute Gasteiger partial charge is 0.134 e. The first-order valence-corrected chi connectivity index (χ1v) is 6.49. The number of hydrogen-bond donors (Lipinski definition) is 1. The molecule has 2 aromatic heterocycles. The quantitative estimate of drug-likeness (QED) is 0.759. The van der Waals surface area contributed by atoms with Crippen molar-refractivity contribution in [3.8, 4) is 0 Å². The van der Waals surface area contributed by atoms with E-state index in [0.717, 1.165) is 23.6 Å². The van der Waals surface area contributed by atoms with Crippen molar-refractivity contribution in [1.82, 2.24) is 5.32 Å². The van der Waals surface area contributed by atoms with Crippen LogP contribution in [0.2, 0.25) is 0 Å². The van der Waals surface area contributed by atoms with Crippen LogP contribution in [0.15, 0.2) is 51.5 Å². The molecule has 3 rings (SSSR count). The first-order valence-electron chi connectivity index (χ1n) is 6.49. The minimum atomic E-state index is 0.183. The van der Waals surface area contributed by atoms with Crippen molar-refractivity contribution < 1.29 is 8.83 Å². The number of benzene rings is 1. The van der Waals surface area contributed by atoms with Gasteiger partial charge in [-0.1, -0.05) is 18.2 Å². The Morgan fingerprint density at radius 2 is 2.00 bits per heavy atom. The van der Waals surface area contributed by atoms with Crippen molar-refractivity contribution >= 4 is 11.0 Å². The molecule has 1 unspecified atom stereocenters. The minimum Gasteiger partial charge on any atom is -0.468 e. The third kappa shape index (κ3) is 2.29. The molecular weight excluding hydrogens is 238 g/mol. The van der Waals surface area contributed by atoms with Crippen LogP contribution in [0.25, 0.3) is 11.0 Å². The summed E-state index contributed by atoms with van der Waals surface area (Å²) in [5.74, 6) is 1.92. The van der Waals surface area contributed by atoms with E-state index in [-0.39, 0.29) is 6.04 Å². The summed E-state index contributed by atoms with van der Waals surface area (Å²) in [4.78, 5) is 0. The number of nitrogens with one attached hydrogen (secondary N) is 1. The topological polar surface area (TPSA) is 38.3 Å². The summed E-state index contributed by atoms with van der Waals surface area (Å²) in [6.45, 7) is 4.87. The summed E-state index contributed by atoms with van der Waals surface area (Å²) >= 11 is 0. The van der Waals surface area contributed by atoms with Gasteiger partial charge >= 0.3 is 0 Å². The SMILES string of the molecule is Cc1oc2ccccc2c1CNC(C)c1ccco1. The number of fused-ring (bicyclic) bond motifs is 1. The molecule has 0 spiro atoms. The molecule has 0 aliphatic carbocycles. The summed E-state index contributed by atoms with van der Waals surface area (Å²) in [5.41, 5.74) is 2.16. The van der Waals surface area contributed by atoms with Gasteiger partial charge in [-0.25, -0.2) is 0 Å². The maximum atomic E-state index is 5.76. The molecule has 0 radical (unpaired) electrons. The first kappa shape index (κ1) is 12.1. The van der Waals surface area contributed by atoms with E-state index >= 15 is 0 Å². The zero-order valence-electron chi connectivity index (χ0n) is 11.1. The maximum Gasteiger partial charge on any atom is 0.134 e. The third-order valence-electron chi connectivity index (χ3n) is 3.46. The molecule has 0 amide bonds. The van der Waals surface area contributed by atoms with Gasteiger partial charge in [0.15, 0.2) is 0 Å². The van der Waals surface area contributed by atoms with E-state index in [1.165, 1.54) is 10.9 Å². The van der Waals surface area contributed by atoms with Crippen LogP contribution in [0.4, 0.5) is 0 Å². The third-order valence-corrected chi connectivity index (χ3v) is 3.46. The highest BCUT2D eigenvalue weighted by Crippen LogP contribution is 2.25. The average Bonchev–Trinajstić information content (AvgIpc) is 3.03. The maximum absolute atomic E-state index is 5.76. The summed E-state index contributed by atoms with van der Waals surface area (Å²) in [6, 6.07) is 12.2. The molecule has 3 nitrogen and oxygen atoms in total. The van der Waals surface area contributed by atoms with E-state index in [4.69, 9.17) is 8.83 Å². The fraction of sp³-hybridized carbons (Fsp3) is 0.250. The molecular formula is C16H17NO2. The largest absolute Gasteiger partial charge is 0.468 e. The Hall–Kier alpha value is -2.00. The zero-order chi connectivity index (χ0) is 13.2. The molecule has 1 N–H and O–H groups in total. The normalized spacial score (nSPS) is 12.9. The second-order valence-electron chi connectivity index (χ2n) is 4.75. The summed E-state index contributed by atoms with van der Waals surface area (Å²) in [5, 5.41) is 4.65. The number of rotatable bonds is 4. The molecule has 0 bridgehead atoms. The van der Waals surface area contributed by atoms with Gasteiger partial charge in [-0.15, -0.1) is 0 Å². The number of furan rings is 2.